The number of nitrogens with two attached hydrogens (primary N) is 1. The third-order valence-corrected chi connectivity index (χ3v) is 18.4. The van der Waals surface area contributed by atoms with Crippen molar-refractivity contribution in [2.75, 3.05) is 16.0 Å². The maximum Gasteiger partial charge on any atom is 0.496 e. The molecular formula is C87H71BClN15O3. The molecule has 1 amide bonds. The number of nitriles is 2. The van der Waals surface area contributed by atoms with Gasteiger partial charge >= 0.3 is 7.12 Å². The summed E-state index contributed by atoms with van der Waals surface area (Å²) in [6.45, 7) is 9.64. The maximum atomic E-state index is 11.7. The van der Waals surface area contributed by atoms with Crippen LogP contribution >= 0.6 is 11.6 Å². The second kappa shape index (κ2) is 33.3. The number of primary amides is 1. The first-order chi connectivity index (χ1) is 52.2. The normalized spacial score (nSPS) is 12.4. The van der Waals surface area contributed by atoms with Gasteiger partial charge in [0.1, 0.15) is 34.7 Å². The van der Waals surface area contributed by atoms with E-state index in [1.54, 1.807) is 55.5 Å². The van der Waals surface area contributed by atoms with E-state index < -0.39 is 13.0 Å². The lowest BCUT2D eigenvalue weighted by Gasteiger charge is -2.32. The van der Waals surface area contributed by atoms with E-state index in [9.17, 15) is 10.1 Å². The van der Waals surface area contributed by atoms with Crippen molar-refractivity contribution >= 4 is 79.9 Å². The van der Waals surface area contributed by atoms with Crippen molar-refractivity contribution in [3.8, 4) is 68.0 Å². The molecule has 1 aliphatic heterocycles. The maximum absolute atomic E-state index is 11.7. The predicted octanol–water partition coefficient (Wildman–Crippen LogP) is 17.7. The van der Waals surface area contributed by atoms with Gasteiger partial charge in [-0.05, 0) is 150 Å². The quantitative estimate of drug-likeness (QED) is 0.0517. The van der Waals surface area contributed by atoms with Crippen molar-refractivity contribution < 1.29 is 14.1 Å². The van der Waals surface area contributed by atoms with E-state index in [4.69, 9.17) is 41.9 Å². The van der Waals surface area contributed by atoms with E-state index in [1.165, 1.54) is 12.4 Å². The van der Waals surface area contributed by atoms with Crippen molar-refractivity contribution in [3.05, 3.63) is 331 Å². The molecule has 1 aliphatic rings. The molecule has 0 bridgehead atoms. The van der Waals surface area contributed by atoms with Crippen LogP contribution in [-0.4, -0.2) is 69.1 Å². The van der Waals surface area contributed by atoms with Gasteiger partial charge in [0, 0.05) is 88.5 Å². The fourth-order valence-corrected chi connectivity index (χ4v) is 12.4. The van der Waals surface area contributed by atoms with E-state index in [-0.39, 0.29) is 11.2 Å². The summed E-state index contributed by atoms with van der Waals surface area (Å²) in [6, 6.07) is 82.5. The van der Waals surface area contributed by atoms with Gasteiger partial charge in [0.25, 0.3) is 0 Å². The molecule has 5 N–H and O–H groups in total. The van der Waals surface area contributed by atoms with Crippen molar-refractivity contribution in [2.24, 2.45) is 5.73 Å². The Morgan fingerprint density at radius 2 is 0.813 bits per heavy atom. The van der Waals surface area contributed by atoms with Crippen molar-refractivity contribution in [3.63, 3.8) is 0 Å². The molecule has 107 heavy (non-hydrogen) atoms. The van der Waals surface area contributed by atoms with E-state index in [0.717, 1.165) is 123 Å². The minimum absolute atomic E-state index is 0.343. The number of hydrogen-bond acceptors (Lipinski definition) is 17. The zero-order valence-electron chi connectivity index (χ0n) is 59.0. The summed E-state index contributed by atoms with van der Waals surface area (Å²) in [5.41, 5.74) is 19.3. The topological polar surface area (TPSA) is 261 Å². The van der Waals surface area contributed by atoms with E-state index in [0.29, 0.717) is 47.2 Å². The lowest BCUT2D eigenvalue weighted by atomic mass is 9.80. The monoisotopic (exact) mass is 1420 g/mol. The average Bonchev–Trinajstić information content (AvgIpc) is 1.20. The van der Waals surface area contributed by atoms with Gasteiger partial charge in [0.05, 0.1) is 76.0 Å². The third kappa shape index (κ3) is 17.5. The SMILES string of the molecule is CC1(C)OB(c2cncc(C#N)c2)OC1(C)C.Clc1cc2cccc(-c3ccccc3)c2c(NCc2ccccn2)n1.N#Cc1cncc(-c2cc3cccc(-c4ccccc4)c3c(NCc3ccccn3)n2)c1.NC(=O)c1cncc(-c2cc3cccc(-c4ccccc4)c3c(NCc3ccccn3)n2)c1. The second-order valence-corrected chi connectivity index (χ2v) is 26.3. The molecule has 0 unspecified atom stereocenters. The first kappa shape index (κ1) is 71.9. The highest BCUT2D eigenvalue weighted by molar-refractivity contribution is 6.62. The van der Waals surface area contributed by atoms with Crippen LogP contribution in [0.4, 0.5) is 17.5 Å². The van der Waals surface area contributed by atoms with Crippen LogP contribution in [0.5, 0.6) is 0 Å². The Labute approximate surface area is 625 Å². The summed E-state index contributed by atoms with van der Waals surface area (Å²) in [6.07, 6.45) is 15.0. The Kier molecular flexibility index (Phi) is 22.4. The zero-order valence-corrected chi connectivity index (χ0v) is 59.8. The van der Waals surface area contributed by atoms with Gasteiger partial charge in [-0.25, -0.2) is 15.0 Å². The van der Waals surface area contributed by atoms with Gasteiger partial charge in [-0.3, -0.25) is 34.7 Å². The number of benzene rings is 6. The van der Waals surface area contributed by atoms with E-state index >= 15 is 0 Å². The lowest BCUT2D eigenvalue weighted by Crippen LogP contribution is -2.41. The summed E-state index contributed by atoms with van der Waals surface area (Å²) in [7, 11) is -0.458. The van der Waals surface area contributed by atoms with Gasteiger partial charge < -0.3 is 31.0 Å². The summed E-state index contributed by atoms with van der Waals surface area (Å²) < 4.78 is 11.8. The van der Waals surface area contributed by atoms with Crippen LogP contribution in [0.2, 0.25) is 5.15 Å². The number of halogens is 1. The van der Waals surface area contributed by atoms with Gasteiger partial charge in [-0.2, -0.15) is 10.5 Å². The van der Waals surface area contributed by atoms with Gasteiger partial charge in [-0.1, -0.05) is 175 Å². The number of fused-ring (bicyclic) bond motifs is 3. The molecule has 16 rings (SSSR count). The first-order valence-electron chi connectivity index (χ1n) is 34.5. The molecule has 0 spiro atoms. The van der Waals surface area contributed by atoms with E-state index in [1.807, 2.05) is 173 Å². The molecule has 1 fully saturated rings. The Balaban J connectivity index is 0.000000129. The molecule has 522 valence electrons. The van der Waals surface area contributed by atoms with Gasteiger partial charge in [0.15, 0.2) is 0 Å². The lowest BCUT2D eigenvalue weighted by molar-refractivity contribution is 0.00578. The molecule has 0 atom stereocenters. The number of pyridine rings is 9. The molecule has 1 saturated heterocycles. The van der Waals surface area contributed by atoms with Crippen LogP contribution < -0.4 is 27.1 Å². The molecular weight excluding hydrogens is 1350 g/mol. The third-order valence-electron chi connectivity index (χ3n) is 18.2. The molecule has 9 aromatic heterocycles. The number of carbonyl (C=O) groups excluding carboxylic acids is 1. The Morgan fingerprint density at radius 1 is 0.430 bits per heavy atom. The second-order valence-electron chi connectivity index (χ2n) is 25.9. The largest absolute Gasteiger partial charge is 0.496 e. The number of anilines is 3. The molecule has 20 heteroatoms. The van der Waals surface area contributed by atoms with Crippen LogP contribution in [0, 0.1) is 22.7 Å². The molecule has 0 radical (unpaired) electrons. The molecule has 0 aliphatic carbocycles. The van der Waals surface area contributed by atoms with Crippen molar-refractivity contribution in [1.29, 1.82) is 10.5 Å². The number of rotatable bonds is 16. The number of carbonyl (C=O) groups is 1. The number of nitrogens with zero attached hydrogens (tertiary/aromatic N) is 11. The fourth-order valence-electron chi connectivity index (χ4n) is 12.2. The standard InChI is InChI=1S/C27H21N5O.C27H19N5.C21H16ClN3.C12H15BN2O2/c28-26(33)21-13-20(15-29-16-21)24-14-19-9-6-11-23(18-7-2-1-3-8-18)25(19)27(32-24)31-17-22-10-4-5-12-30-22;28-15-19-13-22(17-29-16-19)25-14-21-9-6-11-24(20-7-2-1-3-8-20)26(21)27(32-25)31-18-23-10-4-5-12-30-23;22-19-13-16-9-6-11-18(15-7-2-1-3-8-15)20(16)21(25-19)24-14-17-10-4-5-12-23-17;1-11(2)12(3,4)17-13(16-11)10-5-9(6-14)7-15-8-10/h1-16H,17H2,(H2,28,33)(H,31,32);1-14,16-17H,18H2,(H,31,32);1-13H,14H2,(H,24,25);5,7-8H,1-4H3. The molecule has 0 saturated carbocycles. The summed E-state index contributed by atoms with van der Waals surface area (Å²) in [5.74, 6) is 1.75. The summed E-state index contributed by atoms with van der Waals surface area (Å²) in [4.78, 5) is 51.7. The number of nitrogens with one attached hydrogen (secondary N) is 3. The van der Waals surface area contributed by atoms with Gasteiger partial charge in [0.2, 0.25) is 5.91 Å². The molecule has 10 heterocycles. The van der Waals surface area contributed by atoms with Crippen LogP contribution in [0.3, 0.4) is 0 Å². The molecule has 18 nitrogen and oxygen atoms in total. The van der Waals surface area contributed by atoms with Crippen LogP contribution in [0.1, 0.15) is 66.3 Å². The number of amides is 1. The smallest absolute Gasteiger partial charge is 0.399 e. The van der Waals surface area contributed by atoms with Crippen LogP contribution in [0.15, 0.2) is 292 Å². The van der Waals surface area contributed by atoms with Crippen molar-refractivity contribution in [2.45, 2.75) is 58.5 Å². The predicted molar refractivity (Wildman–Crippen MR) is 426 cm³/mol. The zero-order chi connectivity index (χ0) is 74.1. The Bertz CT molecular complexity index is 5690. The highest BCUT2D eigenvalue weighted by Crippen LogP contribution is 2.40. The minimum atomic E-state index is -0.523. The van der Waals surface area contributed by atoms with Crippen LogP contribution in [-0.2, 0) is 28.9 Å². The van der Waals surface area contributed by atoms with E-state index in [2.05, 4.69) is 142 Å². The number of hydrogen-bond donors (Lipinski definition) is 4. The molecule has 6 aromatic carbocycles. The fraction of sp³-hybridized carbons (Fsp3) is 0.103. The Morgan fingerprint density at radius 3 is 1.22 bits per heavy atom. The summed E-state index contributed by atoms with van der Waals surface area (Å²) in [5, 5.41) is 35.2. The van der Waals surface area contributed by atoms with Gasteiger partial charge in [-0.15, -0.1) is 0 Å². The minimum Gasteiger partial charge on any atom is -0.399 e. The Hall–Kier alpha value is -13.4. The first-order valence-corrected chi connectivity index (χ1v) is 34.9. The average molecular weight is 1420 g/mol. The molecule has 15 aromatic rings. The highest BCUT2D eigenvalue weighted by Gasteiger charge is 2.52. The van der Waals surface area contributed by atoms with Crippen LogP contribution in [0.25, 0.3) is 88.2 Å². The number of aromatic nitrogens is 9. The highest BCUT2D eigenvalue weighted by atomic mass is 35.5. The summed E-state index contributed by atoms with van der Waals surface area (Å²) >= 11 is 6.24. The van der Waals surface area contributed by atoms with Crippen molar-refractivity contribution in [1.82, 2.24) is 44.9 Å².